The van der Waals surface area contributed by atoms with E-state index < -0.39 is 9.84 Å². The van der Waals surface area contributed by atoms with Crippen molar-refractivity contribution in [2.45, 2.75) is 31.3 Å². The Morgan fingerprint density at radius 2 is 2.04 bits per heavy atom. The van der Waals surface area contributed by atoms with Gasteiger partial charge in [-0.3, -0.25) is 9.69 Å². The van der Waals surface area contributed by atoms with Crippen LogP contribution < -0.4 is 5.56 Å². The Bertz CT molecular complexity index is 889. The predicted octanol–water partition coefficient (Wildman–Crippen LogP) is 1.43. The summed E-state index contributed by atoms with van der Waals surface area (Å²) in [5.41, 5.74) is 1.24. The van der Waals surface area contributed by atoms with Gasteiger partial charge in [-0.1, -0.05) is 18.2 Å². The van der Waals surface area contributed by atoms with Gasteiger partial charge in [0, 0.05) is 24.8 Å². The SMILES string of the molecule is Cc1cc(=O)[nH]c([C@H](C)N2CCS(=O)(=O)c3ccccc3C2)n1. The minimum absolute atomic E-state index is 0.0599. The van der Waals surface area contributed by atoms with Crippen LogP contribution >= 0.6 is 0 Å². The normalized spacial score (nSPS) is 18.9. The molecule has 0 spiro atoms. The maximum absolute atomic E-state index is 12.4. The number of aromatic amines is 1. The number of aromatic nitrogens is 2. The van der Waals surface area contributed by atoms with Crippen LogP contribution in [0.3, 0.4) is 0 Å². The van der Waals surface area contributed by atoms with Crippen molar-refractivity contribution in [3.8, 4) is 0 Å². The standard InChI is InChI=1S/C16H19N3O3S/c1-11-9-15(20)18-16(17-11)12(2)19-7-8-23(21,22)14-6-4-3-5-13(14)10-19/h3-6,9,12H,7-8,10H2,1-2H3,(H,17,18,20)/t12-/m0/s1. The smallest absolute Gasteiger partial charge is 0.251 e. The zero-order chi connectivity index (χ0) is 16.6. The molecule has 1 aromatic heterocycles. The summed E-state index contributed by atoms with van der Waals surface area (Å²) < 4.78 is 24.8. The number of aryl methyl sites for hydroxylation is 1. The van der Waals surface area contributed by atoms with Crippen LogP contribution in [0.4, 0.5) is 0 Å². The number of fused-ring (bicyclic) bond motifs is 1. The fraction of sp³-hybridized carbons (Fsp3) is 0.375. The number of rotatable bonds is 2. The largest absolute Gasteiger partial charge is 0.309 e. The summed E-state index contributed by atoms with van der Waals surface area (Å²) in [6.07, 6.45) is 0. The molecule has 0 saturated carbocycles. The number of nitrogens with zero attached hydrogens (tertiary/aromatic N) is 2. The van der Waals surface area contributed by atoms with Crippen LogP contribution in [-0.2, 0) is 16.4 Å². The molecule has 2 heterocycles. The van der Waals surface area contributed by atoms with Gasteiger partial charge in [-0.15, -0.1) is 0 Å². The summed E-state index contributed by atoms with van der Waals surface area (Å²) in [5, 5.41) is 0. The molecule has 0 bridgehead atoms. The lowest BCUT2D eigenvalue weighted by Crippen LogP contribution is -2.31. The maximum atomic E-state index is 12.4. The number of nitrogens with one attached hydrogen (secondary N) is 1. The van der Waals surface area contributed by atoms with E-state index >= 15 is 0 Å². The number of hydrogen-bond donors (Lipinski definition) is 1. The minimum Gasteiger partial charge on any atom is -0.309 e. The van der Waals surface area contributed by atoms with Gasteiger partial charge in [-0.2, -0.15) is 0 Å². The number of sulfone groups is 1. The van der Waals surface area contributed by atoms with Crippen LogP contribution in [0.2, 0.25) is 0 Å². The molecule has 2 aromatic rings. The molecule has 6 nitrogen and oxygen atoms in total. The molecule has 0 unspecified atom stereocenters. The van der Waals surface area contributed by atoms with Gasteiger partial charge in [0.1, 0.15) is 5.82 Å². The first-order valence-electron chi connectivity index (χ1n) is 7.49. The van der Waals surface area contributed by atoms with Gasteiger partial charge in [0.25, 0.3) is 5.56 Å². The summed E-state index contributed by atoms with van der Waals surface area (Å²) in [6.45, 7) is 4.61. The predicted molar refractivity (Wildman–Crippen MR) is 86.9 cm³/mol. The van der Waals surface area contributed by atoms with Gasteiger partial charge in [0.2, 0.25) is 0 Å². The lowest BCUT2D eigenvalue weighted by molar-refractivity contribution is 0.206. The van der Waals surface area contributed by atoms with Gasteiger partial charge >= 0.3 is 0 Å². The number of hydrogen-bond acceptors (Lipinski definition) is 5. The summed E-state index contributed by atoms with van der Waals surface area (Å²) >= 11 is 0. The summed E-state index contributed by atoms with van der Waals surface area (Å²) in [6, 6.07) is 8.35. The van der Waals surface area contributed by atoms with Gasteiger partial charge in [0.05, 0.1) is 16.7 Å². The van der Waals surface area contributed by atoms with Crippen molar-refractivity contribution < 1.29 is 8.42 Å². The molecule has 122 valence electrons. The first kappa shape index (κ1) is 15.9. The Kier molecular flexibility index (Phi) is 4.08. The van der Waals surface area contributed by atoms with E-state index in [0.717, 1.165) is 5.56 Å². The molecule has 0 radical (unpaired) electrons. The summed E-state index contributed by atoms with van der Waals surface area (Å²) in [4.78, 5) is 21.2. The lowest BCUT2D eigenvalue weighted by Gasteiger charge is -2.26. The number of benzene rings is 1. The third-order valence-electron chi connectivity index (χ3n) is 4.16. The Morgan fingerprint density at radius 3 is 2.78 bits per heavy atom. The van der Waals surface area contributed by atoms with E-state index in [-0.39, 0.29) is 17.4 Å². The quantitative estimate of drug-likeness (QED) is 0.899. The van der Waals surface area contributed by atoms with E-state index in [1.807, 2.05) is 24.0 Å². The van der Waals surface area contributed by atoms with E-state index in [0.29, 0.717) is 29.5 Å². The van der Waals surface area contributed by atoms with Crippen LogP contribution in [0.15, 0.2) is 40.0 Å². The second-order valence-electron chi connectivity index (χ2n) is 5.85. The van der Waals surface area contributed by atoms with Crippen molar-refractivity contribution in [2.75, 3.05) is 12.3 Å². The molecule has 1 atom stereocenters. The first-order chi connectivity index (χ1) is 10.9. The van der Waals surface area contributed by atoms with Crippen LogP contribution in [-0.4, -0.2) is 35.6 Å². The lowest BCUT2D eigenvalue weighted by atomic mass is 10.1. The second kappa shape index (κ2) is 5.90. The van der Waals surface area contributed by atoms with Crippen LogP contribution in [0.5, 0.6) is 0 Å². The summed E-state index contributed by atoms with van der Waals surface area (Å²) in [5.74, 6) is 0.622. The van der Waals surface area contributed by atoms with Crippen molar-refractivity contribution >= 4 is 9.84 Å². The van der Waals surface area contributed by atoms with E-state index in [9.17, 15) is 13.2 Å². The molecule has 23 heavy (non-hydrogen) atoms. The molecule has 0 aliphatic carbocycles. The Balaban J connectivity index is 1.97. The second-order valence-corrected chi connectivity index (χ2v) is 7.92. The van der Waals surface area contributed by atoms with E-state index in [4.69, 9.17) is 0 Å². The molecule has 1 aliphatic rings. The highest BCUT2D eigenvalue weighted by Crippen LogP contribution is 2.27. The van der Waals surface area contributed by atoms with Crippen LogP contribution in [0, 0.1) is 6.92 Å². The molecule has 1 aromatic carbocycles. The van der Waals surface area contributed by atoms with Gasteiger partial charge in [-0.05, 0) is 25.5 Å². The highest BCUT2D eigenvalue weighted by molar-refractivity contribution is 7.91. The molecule has 3 rings (SSSR count). The molecule has 0 fully saturated rings. The molecular formula is C16H19N3O3S. The minimum atomic E-state index is -3.28. The van der Waals surface area contributed by atoms with Crippen molar-refractivity contribution in [3.63, 3.8) is 0 Å². The third-order valence-corrected chi connectivity index (χ3v) is 5.95. The fourth-order valence-corrected chi connectivity index (χ4v) is 4.40. The highest BCUT2D eigenvalue weighted by atomic mass is 32.2. The topological polar surface area (TPSA) is 83.1 Å². The molecular weight excluding hydrogens is 314 g/mol. The van der Waals surface area contributed by atoms with Crippen molar-refractivity contribution in [3.05, 3.63) is 57.8 Å². The third kappa shape index (κ3) is 3.20. The van der Waals surface area contributed by atoms with Crippen molar-refractivity contribution in [1.82, 2.24) is 14.9 Å². The molecule has 1 aliphatic heterocycles. The van der Waals surface area contributed by atoms with Gasteiger partial charge in [-0.25, -0.2) is 13.4 Å². The first-order valence-corrected chi connectivity index (χ1v) is 9.14. The van der Waals surface area contributed by atoms with Crippen LogP contribution in [0.1, 0.15) is 30.0 Å². The average molecular weight is 333 g/mol. The zero-order valence-electron chi connectivity index (χ0n) is 13.1. The fourth-order valence-electron chi connectivity index (χ4n) is 2.89. The van der Waals surface area contributed by atoms with Crippen LogP contribution in [0.25, 0.3) is 0 Å². The Hall–Kier alpha value is -1.99. The van der Waals surface area contributed by atoms with E-state index in [1.165, 1.54) is 6.07 Å². The van der Waals surface area contributed by atoms with Gasteiger partial charge < -0.3 is 4.98 Å². The van der Waals surface area contributed by atoms with E-state index in [1.54, 1.807) is 19.1 Å². The molecule has 0 amide bonds. The zero-order valence-corrected chi connectivity index (χ0v) is 13.9. The summed E-state index contributed by atoms with van der Waals surface area (Å²) in [7, 11) is -3.28. The highest BCUT2D eigenvalue weighted by Gasteiger charge is 2.28. The monoisotopic (exact) mass is 333 g/mol. The Morgan fingerprint density at radius 1 is 1.30 bits per heavy atom. The Labute approximate surface area is 135 Å². The van der Waals surface area contributed by atoms with Crippen molar-refractivity contribution in [2.24, 2.45) is 0 Å². The van der Waals surface area contributed by atoms with Gasteiger partial charge in [0.15, 0.2) is 9.84 Å². The molecule has 0 saturated heterocycles. The average Bonchev–Trinajstić information content (AvgIpc) is 2.62. The maximum Gasteiger partial charge on any atom is 0.251 e. The van der Waals surface area contributed by atoms with E-state index in [2.05, 4.69) is 9.97 Å². The van der Waals surface area contributed by atoms with Crippen molar-refractivity contribution in [1.29, 1.82) is 0 Å². The molecule has 7 heteroatoms. The molecule has 1 N–H and O–H groups in total. The number of H-pyrrole nitrogens is 1.